The fourth-order valence-electron chi connectivity index (χ4n) is 1.97. The molecule has 0 saturated carbocycles. The SMILES string of the molecule is O=C(O)[C@@H](CNS(=O)(=O)c1ccccc1Br)c1ccccc1. The van der Waals surface area contributed by atoms with E-state index in [4.69, 9.17) is 0 Å². The molecule has 0 fully saturated rings. The van der Waals surface area contributed by atoms with Crippen molar-refractivity contribution < 1.29 is 18.3 Å². The number of halogens is 1. The van der Waals surface area contributed by atoms with Crippen molar-refractivity contribution in [1.82, 2.24) is 4.72 Å². The topological polar surface area (TPSA) is 83.5 Å². The minimum atomic E-state index is -3.79. The molecule has 0 aliphatic heterocycles. The summed E-state index contributed by atoms with van der Waals surface area (Å²) in [7, 11) is -3.79. The van der Waals surface area contributed by atoms with E-state index in [0.717, 1.165) is 0 Å². The molecule has 0 aliphatic rings. The molecule has 0 radical (unpaired) electrons. The Morgan fingerprint density at radius 2 is 1.68 bits per heavy atom. The van der Waals surface area contributed by atoms with Crippen molar-refractivity contribution in [3.8, 4) is 0 Å². The average Bonchev–Trinajstić information content (AvgIpc) is 2.48. The van der Waals surface area contributed by atoms with Crippen molar-refractivity contribution in [2.75, 3.05) is 6.54 Å². The van der Waals surface area contributed by atoms with Gasteiger partial charge in [0.2, 0.25) is 10.0 Å². The Hall–Kier alpha value is -1.70. The summed E-state index contributed by atoms with van der Waals surface area (Å²) in [4.78, 5) is 11.5. The standard InChI is InChI=1S/C15H14BrNO4S/c16-13-8-4-5-9-14(13)22(20,21)17-10-12(15(18)19)11-6-2-1-3-7-11/h1-9,12,17H,10H2,(H,18,19)/t12-/m0/s1. The van der Waals surface area contributed by atoms with E-state index in [1.165, 1.54) is 6.07 Å². The van der Waals surface area contributed by atoms with Gasteiger partial charge in [-0.05, 0) is 33.6 Å². The highest BCUT2D eigenvalue weighted by molar-refractivity contribution is 9.10. The van der Waals surface area contributed by atoms with Crippen LogP contribution in [0.1, 0.15) is 11.5 Å². The first kappa shape index (κ1) is 16.7. The molecule has 0 spiro atoms. The maximum atomic E-state index is 12.3. The highest BCUT2D eigenvalue weighted by atomic mass is 79.9. The Balaban J connectivity index is 2.20. The van der Waals surface area contributed by atoms with Crippen LogP contribution in [0.2, 0.25) is 0 Å². The quantitative estimate of drug-likeness (QED) is 0.802. The van der Waals surface area contributed by atoms with Gasteiger partial charge in [-0.2, -0.15) is 0 Å². The van der Waals surface area contributed by atoms with Crippen LogP contribution in [0.15, 0.2) is 64.0 Å². The van der Waals surface area contributed by atoms with E-state index >= 15 is 0 Å². The van der Waals surface area contributed by atoms with E-state index < -0.39 is 21.9 Å². The smallest absolute Gasteiger partial charge is 0.312 e. The van der Waals surface area contributed by atoms with Gasteiger partial charge in [0.1, 0.15) is 0 Å². The van der Waals surface area contributed by atoms with Gasteiger partial charge in [0.25, 0.3) is 0 Å². The van der Waals surface area contributed by atoms with Gasteiger partial charge in [-0.25, -0.2) is 13.1 Å². The predicted octanol–water partition coefficient (Wildman–Crippen LogP) is 2.60. The van der Waals surface area contributed by atoms with Crippen LogP contribution in [0.3, 0.4) is 0 Å². The number of hydrogen-bond acceptors (Lipinski definition) is 3. The molecule has 116 valence electrons. The van der Waals surface area contributed by atoms with Crippen LogP contribution >= 0.6 is 15.9 Å². The van der Waals surface area contributed by atoms with E-state index in [0.29, 0.717) is 10.0 Å². The lowest BCUT2D eigenvalue weighted by Crippen LogP contribution is -2.32. The molecule has 0 amide bonds. The molecule has 0 bridgehead atoms. The highest BCUT2D eigenvalue weighted by Crippen LogP contribution is 2.22. The molecule has 2 N–H and O–H groups in total. The third-order valence-corrected chi connectivity index (χ3v) is 5.54. The number of sulfonamides is 1. The van der Waals surface area contributed by atoms with E-state index in [1.54, 1.807) is 48.5 Å². The van der Waals surface area contributed by atoms with Gasteiger partial charge in [0, 0.05) is 11.0 Å². The molecule has 0 aliphatic carbocycles. The average molecular weight is 384 g/mol. The summed E-state index contributed by atoms with van der Waals surface area (Å²) in [5.74, 6) is -2.03. The zero-order valence-corrected chi connectivity index (χ0v) is 13.8. The van der Waals surface area contributed by atoms with E-state index in [9.17, 15) is 18.3 Å². The van der Waals surface area contributed by atoms with Crippen molar-refractivity contribution in [2.24, 2.45) is 0 Å². The number of benzene rings is 2. The molecule has 1 atom stereocenters. The number of carbonyl (C=O) groups is 1. The Bertz CT molecular complexity index is 762. The number of carboxylic acid groups (broad SMARTS) is 1. The maximum Gasteiger partial charge on any atom is 0.312 e. The predicted molar refractivity (Wildman–Crippen MR) is 86.1 cm³/mol. The molecule has 0 heterocycles. The molecule has 22 heavy (non-hydrogen) atoms. The first-order chi connectivity index (χ1) is 10.4. The number of carboxylic acids is 1. The van der Waals surface area contributed by atoms with Gasteiger partial charge in [-0.3, -0.25) is 4.79 Å². The Morgan fingerprint density at radius 1 is 1.09 bits per heavy atom. The molecule has 7 heteroatoms. The fraction of sp³-hybridized carbons (Fsp3) is 0.133. The lowest BCUT2D eigenvalue weighted by atomic mass is 10.00. The third-order valence-electron chi connectivity index (χ3n) is 3.10. The van der Waals surface area contributed by atoms with Crippen LogP contribution in [-0.4, -0.2) is 26.0 Å². The molecule has 5 nitrogen and oxygen atoms in total. The molecular weight excluding hydrogens is 370 g/mol. The van der Waals surface area contributed by atoms with Crippen LogP contribution in [0, 0.1) is 0 Å². The normalized spacial score (nSPS) is 12.8. The van der Waals surface area contributed by atoms with Crippen LogP contribution in [-0.2, 0) is 14.8 Å². The molecule has 0 unspecified atom stereocenters. The number of aliphatic carboxylic acids is 1. The van der Waals surface area contributed by atoms with E-state index in [1.807, 2.05) is 0 Å². The van der Waals surface area contributed by atoms with Crippen LogP contribution in [0.4, 0.5) is 0 Å². The zero-order chi connectivity index (χ0) is 16.2. The van der Waals surface area contributed by atoms with Gasteiger partial charge in [0.05, 0.1) is 10.8 Å². The molecule has 2 rings (SSSR count). The van der Waals surface area contributed by atoms with Crippen LogP contribution < -0.4 is 4.72 Å². The summed E-state index contributed by atoms with van der Waals surface area (Å²) in [5.41, 5.74) is 0.546. The van der Waals surface area contributed by atoms with E-state index in [2.05, 4.69) is 20.7 Å². The first-order valence-corrected chi connectivity index (χ1v) is 8.71. The van der Waals surface area contributed by atoms with Crippen LogP contribution in [0.25, 0.3) is 0 Å². The van der Waals surface area contributed by atoms with Crippen molar-refractivity contribution in [1.29, 1.82) is 0 Å². The monoisotopic (exact) mass is 383 g/mol. The number of nitrogens with one attached hydrogen (secondary N) is 1. The second-order valence-electron chi connectivity index (χ2n) is 4.58. The van der Waals surface area contributed by atoms with Crippen LogP contribution in [0.5, 0.6) is 0 Å². The van der Waals surface area contributed by atoms with Gasteiger partial charge in [-0.1, -0.05) is 42.5 Å². The Labute approximate surface area is 137 Å². The molecule has 0 aromatic heterocycles. The Kier molecular flexibility index (Phi) is 5.33. The van der Waals surface area contributed by atoms with Crippen molar-refractivity contribution in [3.05, 3.63) is 64.6 Å². The third kappa shape index (κ3) is 3.94. The van der Waals surface area contributed by atoms with Crippen molar-refractivity contribution in [2.45, 2.75) is 10.8 Å². The zero-order valence-electron chi connectivity index (χ0n) is 11.4. The minimum Gasteiger partial charge on any atom is -0.481 e. The van der Waals surface area contributed by atoms with Gasteiger partial charge in [0.15, 0.2) is 0 Å². The summed E-state index contributed by atoms with van der Waals surface area (Å²) in [6.07, 6.45) is 0. The highest BCUT2D eigenvalue weighted by Gasteiger charge is 2.24. The second-order valence-corrected chi connectivity index (χ2v) is 7.17. The molecule has 0 saturated heterocycles. The largest absolute Gasteiger partial charge is 0.481 e. The summed E-state index contributed by atoms with van der Waals surface area (Å²) in [5, 5.41) is 9.30. The summed E-state index contributed by atoms with van der Waals surface area (Å²) in [6, 6.07) is 14.9. The number of rotatable bonds is 6. The second kappa shape index (κ2) is 7.04. The van der Waals surface area contributed by atoms with Gasteiger partial charge >= 0.3 is 5.97 Å². The van der Waals surface area contributed by atoms with E-state index in [-0.39, 0.29) is 11.4 Å². The first-order valence-electron chi connectivity index (χ1n) is 6.44. The summed E-state index contributed by atoms with van der Waals surface area (Å²) in [6.45, 7) is -0.219. The summed E-state index contributed by atoms with van der Waals surface area (Å²) >= 11 is 3.18. The number of hydrogen-bond donors (Lipinski definition) is 2. The molecule has 2 aromatic rings. The summed E-state index contributed by atoms with van der Waals surface area (Å²) < 4.78 is 27.3. The maximum absolute atomic E-state index is 12.3. The molecular formula is C15H14BrNO4S. The lowest BCUT2D eigenvalue weighted by molar-refractivity contribution is -0.138. The lowest BCUT2D eigenvalue weighted by Gasteiger charge is -2.14. The Morgan fingerprint density at radius 3 is 2.27 bits per heavy atom. The minimum absolute atomic E-state index is 0.0761. The molecule has 2 aromatic carbocycles. The van der Waals surface area contributed by atoms with Gasteiger partial charge in [-0.15, -0.1) is 0 Å². The van der Waals surface area contributed by atoms with Crippen molar-refractivity contribution in [3.63, 3.8) is 0 Å². The fourth-order valence-corrected chi connectivity index (χ4v) is 4.01. The van der Waals surface area contributed by atoms with Crippen molar-refractivity contribution >= 4 is 31.9 Å². The van der Waals surface area contributed by atoms with Gasteiger partial charge < -0.3 is 5.11 Å².